The number of fused-ring (bicyclic) bond motifs is 3. The monoisotopic (exact) mass is 398 g/mol. The van der Waals surface area contributed by atoms with Crippen LogP contribution in [-0.4, -0.2) is 36.3 Å². The minimum Gasteiger partial charge on any atom is -0.338 e. The lowest BCUT2D eigenvalue weighted by Crippen LogP contribution is -2.25. The predicted octanol–water partition coefficient (Wildman–Crippen LogP) is 4.06. The van der Waals surface area contributed by atoms with Gasteiger partial charge in [0.2, 0.25) is 11.1 Å². The maximum absolute atomic E-state index is 12.5. The Kier molecular flexibility index (Phi) is 4.91. The molecule has 1 aromatic carbocycles. The summed E-state index contributed by atoms with van der Waals surface area (Å²) in [5.41, 5.74) is 2.33. The molecule has 2 N–H and O–H groups in total. The number of pyridine rings is 1. The summed E-state index contributed by atoms with van der Waals surface area (Å²) >= 11 is 7.09. The summed E-state index contributed by atoms with van der Waals surface area (Å²) in [4.78, 5) is 24.4. The number of hydrogen-bond donors (Lipinski definition) is 2. The molecule has 9 heteroatoms. The molecule has 27 heavy (non-hydrogen) atoms. The van der Waals surface area contributed by atoms with Gasteiger partial charge in [-0.05, 0) is 24.6 Å². The number of benzene rings is 1. The number of aromatic nitrogens is 5. The number of para-hydroxylation sites is 1. The van der Waals surface area contributed by atoms with E-state index in [4.69, 9.17) is 11.6 Å². The molecule has 0 aliphatic carbocycles. The van der Waals surface area contributed by atoms with Crippen molar-refractivity contribution in [3.8, 4) is 0 Å². The molecule has 7 nitrogen and oxygen atoms in total. The number of aromatic amines is 1. The summed E-state index contributed by atoms with van der Waals surface area (Å²) in [6.07, 6.45) is 2.10. The number of nitrogens with zero attached hydrogens (tertiary/aromatic N) is 4. The first kappa shape index (κ1) is 17.7. The van der Waals surface area contributed by atoms with Crippen LogP contribution in [0.5, 0.6) is 0 Å². The molecule has 0 saturated heterocycles. The van der Waals surface area contributed by atoms with E-state index >= 15 is 0 Å². The SMILES string of the molecule is CCC(Sc1nnc2c(n1)[nH]c1ccccc12)C(=O)Nc1ccc(Cl)cn1. The van der Waals surface area contributed by atoms with Crippen molar-refractivity contribution in [3.63, 3.8) is 0 Å². The number of thioether (sulfide) groups is 1. The van der Waals surface area contributed by atoms with Crippen LogP contribution in [0.15, 0.2) is 47.8 Å². The summed E-state index contributed by atoms with van der Waals surface area (Å²) in [6, 6.07) is 11.2. The summed E-state index contributed by atoms with van der Waals surface area (Å²) < 4.78 is 0. The first-order valence-electron chi connectivity index (χ1n) is 8.34. The molecule has 0 spiro atoms. The highest BCUT2D eigenvalue weighted by atomic mass is 35.5. The lowest BCUT2D eigenvalue weighted by Gasteiger charge is -2.13. The van der Waals surface area contributed by atoms with E-state index in [1.807, 2.05) is 31.2 Å². The highest BCUT2D eigenvalue weighted by molar-refractivity contribution is 8.00. The number of hydrogen-bond acceptors (Lipinski definition) is 6. The van der Waals surface area contributed by atoms with Crippen molar-refractivity contribution in [3.05, 3.63) is 47.6 Å². The predicted molar refractivity (Wildman–Crippen MR) is 107 cm³/mol. The van der Waals surface area contributed by atoms with Crippen molar-refractivity contribution in [2.45, 2.75) is 23.8 Å². The minimum atomic E-state index is -0.369. The van der Waals surface area contributed by atoms with Crippen LogP contribution in [0, 0.1) is 0 Å². The Labute approximate surface area is 164 Å². The third-order valence-electron chi connectivity index (χ3n) is 3.99. The fraction of sp³-hybridized carbons (Fsp3) is 0.167. The van der Waals surface area contributed by atoms with Crippen molar-refractivity contribution in [1.82, 2.24) is 25.1 Å². The molecular formula is C18H15ClN6OS. The topological polar surface area (TPSA) is 96.5 Å². The number of carbonyl (C=O) groups is 1. The van der Waals surface area contributed by atoms with Crippen molar-refractivity contribution in [1.29, 1.82) is 0 Å². The van der Waals surface area contributed by atoms with Gasteiger partial charge in [-0.25, -0.2) is 9.97 Å². The smallest absolute Gasteiger partial charge is 0.239 e. The largest absolute Gasteiger partial charge is 0.338 e. The van der Waals surface area contributed by atoms with Crippen LogP contribution < -0.4 is 5.32 Å². The van der Waals surface area contributed by atoms with Crippen molar-refractivity contribution in [2.75, 3.05) is 5.32 Å². The molecule has 3 aromatic heterocycles. The van der Waals surface area contributed by atoms with E-state index in [9.17, 15) is 4.79 Å². The molecule has 1 atom stereocenters. The summed E-state index contributed by atoms with van der Waals surface area (Å²) in [5, 5.41) is 12.8. The van der Waals surface area contributed by atoms with E-state index in [1.165, 1.54) is 18.0 Å². The molecule has 4 aromatic rings. The van der Waals surface area contributed by atoms with E-state index in [1.54, 1.807) is 12.1 Å². The Hall–Kier alpha value is -2.71. The zero-order valence-electron chi connectivity index (χ0n) is 14.3. The zero-order chi connectivity index (χ0) is 18.8. The molecule has 0 aliphatic rings. The molecule has 1 unspecified atom stereocenters. The molecule has 136 valence electrons. The van der Waals surface area contributed by atoms with Gasteiger partial charge in [-0.2, -0.15) is 0 Å². The number of H-pyrrole nitrogens is 1. The lowest BCUT2D eigenvalue weighted by atomic mass is 10.2. The summed E-state index contributed by atoms with van der Waals surface area (Å²) in [7, 11) is 0. The van der Waals surface area contributed by atoms with E-state index in [-0.39, 0.29) is 11.2 Å². The molecule has 0 saturated carbocycles. The van der Waals surface area contributed by atoms with Gasteiger partial charge >= 0.3 is 0 Å². The molecule has 0 radical (unpaired) electrons. The summed E-state index contributed by atoms with van der Waals surface area (Å²) in [6.45, 7) is 1.93. The third kappa shape index (κ3) is 3.72. The number of halogens is 1. The number of rotatable bonds is 5. The van der Waals surface area contributed by atoms with Gasteiger partial charge in [0.15, 0.2) is 5.65 Å². The third-order valence-corrected chi connectivity index (χ3v) is 5.43. The molecule has 1 amide bonds. The van der Waals surface area contributed by atoms with Crippen LogP contribution in [-0.2, 0) is 4.79 Å². The minimum absolute atomic E-state index is 0.169. The Morgan fingerprint density at radius 1 is 1.26 bits per heavy atom. The van der Waals surface area contributed by atoms with Crippen LogP contribution in [0.4, 0.5) is 5.82 Å². The average Bonchev–Trinajstić information content (AvgIpc) is 3.05. The first-order valence-corrected chi connectivity index (χ1v) is 9.60. The quantitative estimate of drug-likeness (QED) is 0.492. The Morgan fingerprint density at radius 3 is 2.89 bits per heavy atom. The fourth-order valence-electron chi connectivity index (χ4n) is 2.66. The summed E-state index contributed by atoms with van der Waals surface area (Å²) in [5.74, 6) is 0.284. The van der Waals surface area contributed by atoms with Crippen LogP contribution in [0.2, 0.25) is 5.02 Å². The van der Waals surface area contributed by atoms with Gasteiger partial charge in [0.05, 0.1) is 10.3 Å². The number of nitrogens with one attached hydrogen (secondary N) is 2. The van der Waals surface area contributed by atoms with Gasteiger partial charge in [-0.3, -0.25) is 4.79 Å². The first-order chi connectivity index (χ1) is 13.1. The highest BCUT2D eigenvalue weighted by Crippen LogP contribution is 2.26. The molecule has 4 rings (SSSR count). The number of amides is 1. The molecule has 0 aliphatic heterocycles. The standard InChI is InChI=1S/C18H15ClN6OS/c1-2-13(17(26)22-14-8-7-10(19)9-20-14)27-18-23-16-15(24-25-18)11-5-3-4-6-12(11)21-16/h3-9,13H,2H2,1H3,(H,20,22,26)(H,21,23,25). The second kappa shape index (κ2) is 7.50. The fourth-order valence-corrected chi connectivity index (χ4v) is 3.59. The zero-order valence-corrected chi connectivity index (χ0v) is 15.9. The van der Waals surface area contributed by atoms with E-state index in [2.05, 4.69) is 30.5 Å². The molecule has 0 fully saturated rings. The number of carbonyl (C=O) groups excluding carboxylic acids is 1. The normalized spacial score (nSPS) is 12.4. The van der Waals surface area contributed by atoms with Gasteiger partial charge in [-0.1, -0.05) is 48.5 Å². The van der Waals surface area contributed by atoms with Gasteiger partial charge in [0.25, 0.3) is 0 Å². The van der Waals surface area contributed by atoms with Gasteiger partial charge in [0.1, 0.15) is 11.3 Å². The average molecular weight is 399 g/mol. The Balaban J connectivity index is 1.54. The Morgan fingerprint density at radius 2 is 2.11 bits per heavy atom. The lowest BCUT2D eigenvalue weighted by molar-refractivity contribution is -0.115. The van der Waals surface area contributed by atoms with Gasteiger partial charge in [-0.15, -0.1) is 10.2 Å². The maximum atomic E-state index is 12.5. The van der Waals surface area contributed by atoms with Crippen LogP contribution in [0.3, 0.4) is 0 Å². The molecule has 3 heterocycles. The van der Waals surface area contributed by atoms with Gasteiger partial charge < -0.3 is 10.3 Å². The molecular weight excluding hydrogens is 384 g/mol. The highest BCUT2D eigenvalue weighted by Gasteiger charge is 2.21. The Bertz CT molecular complexity index is 1110. The molecule has 0 bridgehead atoms. The van der Waals surface area contributed by atoms with Gasteiger partial charge in [0, 0.05) is 17.1 Å². The van der Waals surface area contributed by atoms with Crippen molar-refractivity contribution < 1.29 is 4.79 Å². The van der Waals surface area contributed by atoms with Crippen LogP contribution in [0.1, 0.15) is 13.3 Å². The second-order valence-corrected chi connectivity index (χ2v) is 7.43. The van der Waals surface area contributed by atoms with E-state index in [0.29, 0.717) is 28.1 Å². The van der Waals surface area contributed by atoms with E-state index < -0.39 is 0 Å². The van der Waals surface area contributed by atoms with Crippen molar-refractivity contribution in [2.24, 2.45) is 0 Å². The number of anilines is 1. The second-order valence-electron chi connectivity index (χ2n) is 5.83. The maximum Gasteiger partial charge on any atom is 0.239 e. The van der Waals surface area contributed by atoms with Crippen molar-refractivity contribution >= 4 is 57.2 Å². The van der Waals surface area contributed by atoms with Crippen LogP contribution >= 0.6 is 23.4 Å². The van der Waals surface area contributed by atoms with E-state index in [0.717, 1.165) is 16.4 Å². The van der Waals surface area contributed by atoms with Crippen LogP contribution in [0.25, 0.3) is 22.1 Å².